The summed E-state index contributed by atoms with van der Waals surface area (Å²) >= 11 is 5.17. The third kappa shape index (κ3) is 4.63. The molecule has 0 saturated heterocycles. The summed E-state index contributed by atoms with van der Waals surface area (Å²) in [6.45, 7) is 2.95. The lowest BCUT2D eigenvalue weighted by molar-refractivity contribution is -0.140. The van der Waals surface area contributed by atoms with Gasteiger partial charge in [0.25, 0.3) is 0 Å². The first-order valence-corrected chi connectivity index (χ1v) is 6.80. The van der Waals surface area contributed by atoms with Gasteiger partial charge in [0.1, 0.15) is 0 Å². The summed E-state index contributed by atoms with van der Waals surface area (Å²) in [7, 11) is 1.42. The highest BCUT2D eigenvalue weighted by atomic mass is 79.9. The molecule has 0 aliphatic heterocycles. The predicted molar refractivity (Wildman–Crippen MR) is 69.7 cm³/mol. The number of rotatable bonds is 6. The molecule has 0 radical (unpaired) electrons. The number of hydrogen-bond acceptors (Lipinski definition) is 4. The molecular formula is C11H16BrNO2S. The quantitative estimate of drug-likeness (QED) is 0.648. The summed E-state index contributed by atoms with van der Waals surface area (Å²) in [4.78, 5) is 12.2. The first-order valence-electron chi connectivity index (χ1n) is 5.19. The van der Waals surface area contributed by atoms with Crippen molar-refractivity contribution in [3.63, 3.8) is 0 Å². The van der Waals surface area contributed by atoms with Gasteiger partial charge in [-0.15, -0.1) is 11.3 Å². The Balaban J connectivity index is 2.20. The van der Waals surface area contributed by atoms with Crippen molar-refractivity contribution in [1.29, 1.82) is 0 Å². The number of esters is 1. The summed E-state index contributed by atoms with van der Waals surface area (Å²) in [6.07, 6.45) is 1.29. The summed E-state index contributed by atoms with van der Waals surface area (Å²) < 4.78 is 5.72. The Labute approximate surface area is 108 Å². The van der Waals surface area contributed by atoms with Gasteiger partial charge >= 0.3 is 5.97 Å². The molecule has 3 nitrogen and oxygen atoms in total. The normalized spacial score (nSPS) is 12.4. The van der Waals surface area contributed by atoms with Crippen LogP contribution in [-0.4, -0.2) is 19.6 Å². The summed E-state index contributed by atoms with van der Waals surface area (Å²) in [5, 5.41) is 3.37. The number of methoxy groups -OCH3 is 1. The molecule has 1 aromatic rings. The Morgan fingerprint density at radius 3 is 2.94 bits per heavy atom. The molecule has 90 valence electrons. The Bertz CT molecular complexity index is 340. The van der Waals surface area contributed by atoms with Crippen molar-refractivity contribution in [3.05, 3.63) is 20.8 Å². The molecule has 0 aliphatic carbocycles. The van der Waals surface area contributed by atoms with Gasteiger partial charge in [0, 0.05) is 17.3 Å². The smallest absolute Gasteiger partial charge is 0.305 e. The zero-order valence-corrected chi connectivity index (χ0v) is 11.9. The molecule has 1 unspecified atom stereocenters. The van der Waals surface area contributed by atoms with Crippen molar-refractivity contribution in [1.82, 2.24) is 5.32 Å². The molecule has 0 aromatic carbocycles. The minimum absolute atomic E-state index is 0.145. The number of halogens is 1. The second-order valence-electron chi connectivity index (χ2n) is 3.50. The molecule has 1 N–H and O–H groups in total. The highest BCUT2D eigenvalue weighted by Crippen LogP contribution is 2.26. The van der Waals surface area contributed by atoms with Gasteiger partial charge in [-0.2, -0.15) is 0 Å². The van der Waals surface area contributed by atoms with Crippen molar-refractivity contribution >= 4 is 33.2 Å². The monoisotopic (exact) mass is 305 g/mol. The lowest BCUT2D eigenvalue weighted by atomic mass is 10.2. The van der Waals surface area contributed by atoms with Crippen molar-refractivity contribution in [2.24, 2.45) is 0 Å². The van der Waals surface area contributed by atoms with E-state index < -0.39 is 0 Å². The zero-order valence-electron chi connectivity index (χ0n) is 9.46. The van der Waals surface area contributed by atoms with Crippen LogP contribution < -0.4 is 5.32 Å². The second kappa shape index (κ2) is 7.04. The Kier molecular flexibility index (Phi) is 6.01. The lowest BCUT2D eigenvalue weighted by Gasteiger charge is -2.11. The maximum Gasteiger partial charge on any atom is 0.305 e. The van der Waals surface area contributed by atoms with E-state index in [9.17, 15) is 4.79 Å². The van der Waals surface area contributed by atoms with Crippen LogP contribution in [0.15, 0.2) is 15.9 Å². The average Bonchev–Trinajstić information content (AvgIpc) is 2.70. The first-order chi connectivity index (χ1) is 7.63. The van der Waals surface area contributed by atoms with E-state index in [2.05, 4.69) is 39.0 Å². The molecule has 0 saturated carbocycles. The molecule has 0 amide bonds. The summed E-state index contributed by atoms with van der Waals surface area (Å²) in [5.41, 5.74) is 0. The van der Waals surface area contributed by atoms with Crippen molar-refractivity contribution in [2.45, 2.75) is 25.8 Å². The average molecular weight is 306 g/mol. The van der Waals surface area contributed by atoms with Crippen LogP contribution in [0.2, 0.25) is 0 Å². The Morgan fingerprint density at radius 1 is 1.62 bits per heavy atom. The highest BCUT2D eigenvalue weighted by Gasteiger charge is 2.07. The van der Waals surface area contributed by atoms with E-state index >= 15 is 0 Å². The van der Waals surface area contributed by atoms with Crippen LogP contribution in [0.1, 0.15) is 30.7 Å². The second-order valence-corrected chi connectivity index (χ2v) is 5.99. The largest absolute Gasteiger partial charge is 0.469 e. The topological polar surface area (TPSA) is 38.3 Å². The Hall–Kier alpha value is -0.390. The third-order valence-corrected chi connectivity index (χ3v) is 4.06. The van der Waals surface area contributed by atoms with Gasteiger partial charge in [0.15, 0.2) is 0 Å². The van der Waals surface area contributed by atoms with Gasteiger partial charge in [-0.1, -0.05) is 0 Å². The maximum atomic E-state index is 10.9. The lowest BCUT2D eigenvalue weighted by Crippen LogP contribution is -2.19. The minimum atomic E-state index is -0.145. The number of hydrogen-bond donors (Lipinski definition) is 1. The standard InChI is InChI=1S/C11H16BrNO2S/c1-8(9-5-6-10(12)16-9)13-7-3-4-11(14)15-2/h5-6,8,13H,3-4,7H2,1-2H3. The molecule has 16 heavy (non-hydrogen) atoms. The van der Waals surface area contributed by atoms with Crippen molar-refractivity contribution in [2.75, 3.05) is 13.7 Å². The third-order valence-electron chi connectivity index (χ3n) is 2.26. The van der Waals surface area contributed by atoms with Gasteiger partial charge in [-0.25, -0.2) is 0 Å². The molecule has 0 bridgehead atoms. The zero-order chi connectivity index (χ0) is 12.0. The highest BCUT2D eigenvalue weighted by molar-refractivity contribution is 9.11. The molecule has 0 aliphatic rings. The van der Waals surface area contributed by atoms with E-state index in [0.29, 0.717) is 12.5 Å². The number of nitrogens with one attached hydrogen (secondary N) is 1. The fourth-order valence-corrected chi connectivity index (χ4v) is 2.77. The molecule has 0 spiro atoms. The SMILES string of the molecule is COC(=O)CCCNC(C)c1ccc(Br)s1. The molecule has 1 aromatic heterocycles. The van der Waals surface area contributed by atoms with Gasteiger partial charge in [0.2, 0.25) is 0 Å². The summed E-state index contributed by atoms with van der Waals surface area (Å²) in [5.74, 6) is -0.145. The number of carbonyl (C=O) groups is 1. The minimum Gasteiger partial charge on any atom is -0.469 e. The molecule has 1 rings (SSSR count). The van der Waals surface area contributed by atoms with E-state index in [1.165, 1.54) is 12.0 Å². The van der Waals surface area contributed by atoms with Gasteiger partial charge in [-0.05, 0) is 48.0 Å². The van der Waals surface area contributed by atoms with Crippen LogP contribution in [-0.2, 0) is 9.53 Å². The van der Waals surface area contributed by atoms with E-state index in [4.69, 9.17) is 0 Å². The van der Waals surface area contributed by atoms with Gasteiger partial charge in [-0.3, -0.25) is 4.79 Å². The van der Waals surface area contributed by atoms with E-state index in [-0.39, 0.29) is 5.97 Å². The van der Waals surface area contributed by atoms with Crippen LogP contribution in [0.5, 0.6) is 0 Å². The number of carbonyl (C=O) groups excluding carboxylic acids is 1. The molecule has 1 heterocycles. The van der Waals surface area contributed by atoms with Crippen LogP contribution in [0.4, 0.5) is 0 Å². The van der Waals surface area contributed by atoms with Crippen LogP contribution >= 0.6 is 27.3 Å². The Morgan fingerprint density at radius 2 is 2.38 bits per heavy atom. The number of ether oxygens (including phenoxy) is 1. The van der Waals surface area contributed by atoms with Crippen LogP contribution in [0, 0.1) is 0 Å². The first kappa shape index (κ1) is 13.7. The fraction of sp³-hybridized carbons (Fsp3) is 0.545. The van der Waals surface area contributed by atoms with E-state index in [0.717, 1.165) is 16.8 Å². The fourth-order valence-electron chi connectivity index (χ4n) is 1.31. The van der Waals surface area contributed by atoms with Gasteiger partial charge < -0.3 is 10.1 Å². The van der Waals surface area contributed by atoms with Crippen molar-refractivity contribution in [3.8, 4) is 0 Å². The molecule has 1 atom stereocenters. The number of thiophene rings is 1. The van der Waals surface area contributed by atoms with Gasteiger partial charge in [0.05, 0.1) is 10.9 Å². The van der Waals surface area contributed by atoms with Crippen LogP contribution in [0.25, 0.3) is 0 Å². The molecular weight excluding hydrogens is 290 g/mol. The molecule has 5 heteroatoms. The maximum absolute atomic E-state index is 10.9. The van der Waals surface area contributed by atoms with Crippen LogP contribution in [0.3, 0.4) is 0 Å². The summed E-state index contributed by atoms with van der Waals surface area (Å²) in [6, 6.07) is 4.48. The van der Waals surface area contributed by atoms with E-state index in [1.54, 1.807) is 11.3 Å². The van der Waals surface area contributed by atoms with E-state index in [1.807, 2.05) is 6.07 Å². The molecule has 0 fully saturated rings. The predicted octanol–water partition coefficient (Wildman–Crippen LogP) is 3.11. The van der Waals surface area contributed by atoms with Crippen molar-refractivity contribution < 1.29 is 9.53 Å².